The second kappa shape index (κ2) is 8.87. The quantitative estimate of drug-likeness (QED) is 0.384. The fourth-order valence-corrected chi connectivity index (χ4v) is 4.53. The lowest BCUT2D eigenvalue weighted by Gasteiger charge is -2.41. The molecule has 35 heavy (non-hydrogen) atoms. The summed E-state index contributed by atoms with van der Waals surface area (Å²) in [5.41, 5.74) is 0.528. The van der Waals surface area contributed by atoms with Crippen LogP contribution < -0.4 is 15.7 Å². The smallest absolute Gasteiger partial charge is 0.360 e. The molecule has 8 heteroatoms. The van der Waals surface area contributed by atoms with Crippen molar-refractivity contribution in [1.82, 2.24) is 0 Å². The van der Waals surface area contributed by atoms with Gasteiger partial charge >= 0.3 is 5.63 Å². The third kappa shape index (κ3) is 4.42. The van der Waals surface area contributed by atoms with Crippen LogP contribution in [-0.4, -0.2) is 31.0 Å². The van der Waals surface area contributed by atoms with Crippen molar-refractivity contribution >= 4 is 33.5 Å². The first-order chi connectivity index (χ1) is 16.7. The SMILES string of the molecule is CO[C@@H]1CCC(Oc2ccc3cc(NC(=O)c4cc5ccccc5o4)c(=O)oc3c2C)OC1(C)C. The molecule has 2 atom stereocenters. The zero-order chi connectivity index (χ0) is 24.7. The van der Waals surface area contributed by atoms with Crippen molar-refractivity contribution in [1.29, 1.82) is 0 Å². The summed E-state index contributed by atoms with van der Waals surface area (Å²) in [6.07, 6.45) is 1.04. The maximum Gasteiger partial charge on any atom is 0.360 e. The fourth-order valence-electron chi connectivity index (χ4n) is 4.53. The van der Waals surface area contributed by atoms with Crippen LogP contribution in [0.3, 0.4) is 0 Å². The largest absolute Gasteiger partial charge is 0.465 e. The number of nitrogens with one attached hydrogen (secondary N) is 1. The Balaban J connectivity index is 1.37. The summed E-state index contributed by atoms with van der Waals surface area (Å²) in [6.45, 7) is 5.77. The van der Waals surface area contributed by atoms with Crippen molar-refractivity contribution in [2.45, 2.75) is 51.6 Å². The van der Waals surface area contributed by atoms with Gasteiger partial charge in [0, 0.05) is 29.9 Å². The molecule has 2 aromatic heterocycles. The standard InChI is InChI=1S/C27H27NO7/c1-15-19(33-23-12-11-22(31-4)27(2,3)35-23)10-9-17-13-18(26(30)34-24(15)17)28-25(29)21-14-16-7-5-6-8-20(16)32-21/h5-10,13-14,22-23H,11-12H2,1-4H3,(H,28,29)/t22-,23?/m1/s1. The van der Waals surface area contributed by atoms with E-state index in [2.05, 4.69) is 5.32 Å². The minimum Gasteiger partial charge on any atom is -0.465 e. The van der Waals surface area contributed by atoms with Gasteiger partial charge in [0.2, 0.25) is 6.29 Å². The molecule has 1 unspecified atom stereocenters. The molecule has 1 aliphatic heterocycles. The minimum atomic E-state index is -0.666. The third-order valence-electron chi connectivity index (χ3n) is 6.42. The monoisotopic (exact) mass is 477 g/mol. The number of furan rings is 1. The number of rotatable bonds is 5. The molecule has 3 heterocycles. The fraction of sp³-hybridized carbons (Fsp3) is 0.333. The number of benzene rings is 2. The number of para-hydroxylation sites is 1. The molecule has 0 saturated carbocycles. The van der Waals surface area contributed by atoms with Gasteiger partial charge in [-0.2, -0.15) is 0 Å². The molecular weight excluding hydrogens is 450 g/mol. The highest BCUT2D eigenvalue weighted by Gasteiger charge is 2.39. The molecule has 1 aliphatic rings. The van der Waals surface area contributed by atoms with E-state index in [1.54, 1.807) is 37.4 Å². The van der Waals surface area contributed by atoms with Gasteiger partial charge in [-0.3, -0.25) is 4.79 Å². The number of aryl methyl sites for hydroxylation is 1. The van der Waals surface area contributed by atoms with Crippen molar-refractivity contribution in [3.05, 3.63) is 70.3 Å². The Morgan fingerprint density at radius 3 is 2.60 bits per heavy atom. The van der Waals surface area contributed by atoms with E-state index in [-0.39, 0.29) is 17.6 Å². The molecule has 2 aromatic carbocycles. The lowest BCUT2D eigenvalue weighted by Crippen LogP contribution is -2.49. The van der Waals surface area contributed by atoms with Gasteiger partial charge in [-0.15, -0.1) is 0 Å². The van der Waals surface area contributed by atoms with Crippen LogP contribution in [0.15, 0.2) is 62.2 Å². The number of hydrogen-bond donors (Lipinski definition) is 1. The highest BCUT2D eigenvalue weighted by atomic mass is 16.7. The molecule has 1 fully saturated rings. The summed E-state index contributed by atoms with van der Waals surface area (Å²) in [6, 6.07) is 14.1. The summed E-state index contributed by atoms with van der Waals surface area (Å²) in [7, 11) is 1.68. The highest BCUT2D eigenvalue weighted by molar-refractivity contribution is 6.05. The van der Waals surface area contributed by atoms with Crippen LogP contribution in [0, 0.1) is 6.92 Å². The predicted molar refractivity (Wildman–Crippen MR) is 131 cm³/mol. The van der Waals surface area contributed by atoms with Gasteiger partial charge in [0.15, 0.2) is 5.76 Å². The van der Waals surface area contributed by atoms with Crippen molar-refractivity contribution in [3.63, 3.8) is 0 Å². The van der Waals surface area contributed by atoms with E-state index in [4.69, 9.17) is 23.0 Å². The van der Waals surface area contributed by atoms with E-state index in [0.717, 1.165) is 11.8 Å². The minimum absolute atomic E-state index is 0.00809. The molecular formula is C27H27NO7. The first-order valence-corrected chi connectivity index (χ1v) is 11.5. The zero-order valence-corrected chi connectivity index (χ0v) is 20.0. The van der Waals surface area contributed by atoms with E-state index in [9.17, 15) is 9.59 Å². The average molecular weight is 478 g/mol. The van der Waals surface area contributed by atoms with E-state index in [0.29, 0.717) is 34.3 Å². The highest BCUT2D eigenvalue weighted by Crippen LogP contribution is 2.34. The van der Waals surface area contributed by atoms with Gasteiger partial charge in [0.25, 0.3) is 5.91 Å². The van der Waals surface area contributed by atoms with Gasteiger partial charge in [-0.05, 0) is 57.5 Å². The number of carbonyl (C=O) groups is 1. The number of carbonyl (C=O) groups excluding carboxylic acids is 1. The average Bonchev–Trinajstić information content (AvgIpc) is 3.26. The number of fused-ring (bicyclic) bond motifs is 2. The van der Waals surface area contributed by atoms with Crippen LogP contribution in [0.4, 0.5) is 5.69 Å². The van der Waals surface area contributed by atoms with Gasteiger partial charge in [0.05, 0.1) is 11.7 Å². The Morgan fingerprint density at radius 1 is 1.06 bits per heavy atom. The van der Waals surface area contributed by atoms with E-state index in [1.165, 1.54) is 0 Å². The van der Waals surface area contributed by atoms with Crippen LogP contribution in [0.5, 0.6) is 5.75 Å². The van der Waals surface area contributed by atoms with Gasteiger partial charge in [-0.25, -0.2) is 4.79 Å². The molecule has 1 saturated heterocycles. The number of amides is 1. The molecule has 5 rings (SSSR count). The molecule has 0 spiro atoms. The van der Waals surface area contributed by atoms with Crippen LogP contribution in [0.2, 0.25) is 0 Å². The number of anilines is 1. The second-order valence-electron chi connectivity index (χ2n) is 9.23. The van der Waals surface area contributed by atoms with Gasteiger partial charge in [0.1, 0.15) is 22.6 Å². The summed E-state index contributed by atoms with van der Waals surface area (Å²) in [5.74, 6) is 0.143. The molecule has 0 radical (unpaired) electrons. The molecule has 0 bridgehead atoms. The van der Waals surface area contributed by atoms with Crippen LogP contribution >= 0.6 is 0 Å². The summed E-state index contributed by atoms with van der Waals surface area (Å²) in [4.78, 5) is 25.4. The molecule has 0 aliphatic carbocycles. The van der Waals surface area contributed by atoms with Crippen LogP contribution in [0.25, 0.3) is 21.9 Å². The van der Waals surface area contributed by atoms with Gasteiger partial charge < -0.3 is 28.4 Å². The van der Waals surface area contributed by atoms with Crippen molar-refractivity contribution in [3.8, 4) is 5.75 Å². The first kappa shape index (κ1) is 23.1. The summed E-state index contributed by atoms with van der Waals surface area (Å²) >= 11 is 0. The normalized spacial score (nSPS) is 19.7. The predicted octanol–water partition coefficient (Wildman–Crippen LogP) is 5.41. The van der Waals surface area contributed by atoms with Crippen molar-refractivity contribution in [2.24, 2.45) is 0 Å². The summed E-state index contributed by atoms with van der Waals surface area (Å²) in [5, 5.41) is 4.05. The van der Waals surface area contributed by atoms with Crippen LogP contribution in [-0.2, 0) is 9.47 Å². The van der Waals surface area contributed by atoms with Crippen LogP contribution in [0.1, 0.15) is 42.8 Å². The number of hydrogen-bond acceptors (Lipinski definition) is 7. The van der Waals surface area contributed by atoms with Crippen molar-refractivity contribution in [2.75, 3.05) is 12.4 Å². The lowest BCUT2D eigenvalue weighted by molar-refractivity contribution is -0.233. The van der Waals surface area contributed by atoms with Gasteiger partial charge in [-0.1, -0.05) is 18.2 Å². The third-order valence-corrected chi connectivity index (χ3v) is 6.42. The molecule has 1 N–H and O–H groups in total. The van der Waals surface area contributed by atoms with E-state index in [1.807, 2.05) is 39.0 Å². The molecule has 1 amide bonds. The second-order valence-corrected chi connectivity index (χ2v) is 9.23. The Labute approximate surface area is 201 Å². The van der Waals surface area contributed by atoms with E-state index < -0.39 is 23.4 Å². The molecule has 8 nitrogen and oxygen atoms in total. The number of ether oxygens (including phenoxy) is 3. The zero-order valence-electron chi connectivity index (χ0n) is 20.0. The Kier molecular flexibility index (Phi) is 5.86. The number of methoxy groups -OCH3 is 1. The maximum atomic E-state index is 12.7. The first-order valence-electron chi connectivity index (χ1n) is 11.5. The molecule has 182 valence electrons. The Morgan fingerprint density at radius 2 is 1.86 bits per heavy atom. The molecule has 4 aromatic rings. The Bertz CT molecular complexity index is 1430. The Hall–Kier alpha value is -3.62. The van der Waals surface area contributed by atoms with Crippen molar-refractivity contribution < 1.29 is 27.8 Å². The van der Waals surface area contributed by atoms with E-state index >= 15 is 0 Å². The summed E-state index contributed by atoms with van der Waals surface area (Å²) < 4.78 is 28.9. The topological polar surface area (TPSA) is 100 Å². The lowest BCUT2D eigenvalue weighted by atomic mass is 9.94. The maximum absolute atomic E-state index is 12.7.